The predicted octanol–water partition coefficient (Wildman–Crippen LogP) is 1.06. The molecule has 2 aromatic carbocycles. The maximum atomic E-state index is 11.6. The van der Waals surface area contributed by atoms with E-state index in [1.54, 1.807) is 24.3 Å². The largest absolute Gasteiger partial charge is 0.508 e. The standard InChI is InChI=1S/C21H25NO7/c1-2-13-14(7-19-28-17(9-23)18(10-24)29-19)20(16(26)8-15(13)25)11-4-3-5-12(6-11)21(22)27/h3-6,8,17-19,23-26H,2,7,9-10H2,1H3,(H2,22,27)/t17-,18-/m1/s1. The van der Waals surface area contributed by atoms with Crippen LogP contribution < -0.4 is 5.73 Å². The van der Waals surface area contributed by atoms with Crippen molar-refractivity contribution in [3.05, 3.63) is 47.0 Å². The van der Waals surface area contributed by atoms with Crippen LogP contribution in [-0.4, -0.2) is 58.0 Å². The molecule has 3 rings (SSSR count). The number of phenols is 2. The topological polar surface area (TPSA) is 142 Å². The second-order valence-electron chi connectivity index (χ2n) is 6.89. The first-order valence-corrected chi connectivity index (χ1v) is 9.39. The summed E-state index contributed by atoms with van der Waals surface area (Å²) in [5, 5.41) is 39.8. The number of benzene rings is 2. The summed E-state index contributed by atoms with van der Waals surface area (Å²) in [5.41, 5.74) is 7.84. The third kappa shape index (κ3) is 4.20. The molecule has 156 valence electrons. The van der Waals surface area contributed by atoms with Gasteiger partial charge in [0.1, 0.15) is 23.7 Å². The van der Waals surface area contributed by atoms with Crippen LogP contribution in [0.4, 0.5) is 0 Å². The van der Waals surface area contributed by atoms with Crippen LogP contribution >= 0.6 is 0 Å². The SMILES string of the molecule is CCc1c(O)cc(O)c(-c2cccc(C(N)=O)c2)c1CC1O[C@H](CO)[C@@H](CO)O1. The highest BCUT2D eigenvalue weighted by atomic mass is 16.7. The molecule has 1 aliphatic rings. The summed E-state index contributed by atoms with van der Waals surface area (Å²) in [6, 6.07) is 7.79. The van der Waals surface area contributed by atoms with E-state index in [0.717, 1.165) is 0 Å². The molecular weight excluding hydrogens is 378 g/mol. The van der Waals surface area contributed by atoms with E-state index in [1.165, 1.54) is 6.07 Å². The second-order valence-corrected chi connectivity index (χ2v) is 6.89. The van der Waals surface area contributed by atoms with Crippen LogP contribution in [0.5, 0.6) is 11.5 Å². The third-order valence-electron chi connectivity index (χ3n) is 5.09. The number of aliphatic hydroxyl groups excluding tert-OH is 2. The number of aliphatic hydroxyl groups is 2. The normalized spacial score (nSPS) is 19.6. The third-order valence-corrected chi connectivity index (χ3v) is 5.09. The molecule has 0 unspecified atom stereocenters. The number of carbonyl (C=O) groups excluding carboxylic acids is 1. The zero-order valence-corrected chi connectivity index (χ0v) is 16.0. The van der Waals surface area contributed by atoms with Crippen molar-refractivity contribution in [1.82, 2.24) is 0 Å². The summed E-state index contributed by atoms with van der Waals surface area (Å²) in [7, 11) is 0. The van der Waals surface area contributed by atoms with Crippen LogP contribution in [0.3, 0.4) is 0 Å². The van der Waals surface area contributed by atoms with E-state index >= 15 is 0 Å². The molecule has 0 radical (unpaired) electrons. The molecule has 29 heavy (non-hydrogen) atoms. The average Bonchev–Trinajstić information content (AvgIpc) is 3.10. The molecule has 0 aromatic heterocycles. The molecule has 0 aliphatic carbocycles. The predicted molar refractivity (Wildman–Crippen MR) is 105 cm³/mol. The molecule has 1 fully saturated rings. The first-order chi connectivity index (χ1) is 13.9. The van der Waals surface area contributed by atoms with Crippen molar-refractivity contribution < 1.29 is 34.7 Å². The summed E-state index contributed by atoms with van der Waals surface area (Å²) in [4.78, 5) is 11.6. The Bertz CT molecular complexity index is 887. The van der Waals surface area contributed by atoms with E-state index in [2.05, 4.69) is 0 Å². The molecule has 0 saturated carbocycles. The van der Waals surface area contributed by atoms with Crippen molar-refractivity contribution in [3.63, 3.8) is 0 Å². The van der Waals surface area contributed by atoms with Crippen LogP contribution in [0.1, 0.15) is 28.4 Å². The van der Waals surface area contributed by atoms with Gasteiger partial charge in [-0.05, 0) is 35.2 Å². The number of ether oxygens (including phenoxy) is 2. The van der Waals surface area contributed by atoms with E-state index in [-0.39, 0.29) is 36.7 Å². The Labute approximate surface area is 168 Å². The number of rotatable bonds is 7. The van der Waals surface area contributed by atoms with Gasteiger partial charge in [0, 0.05) is 23.6 Å². The molecule has 0 bridgehead atoms. The Morgan fingerprint density at radius 2 is 1.69 bits per heavy atom. The molecule has 1 saturated heterocycles. The number of aromatic hydroxyl groups is 2. The highest BCUT2D eigenvalue weighted by molar-refractivity contribution is 5.94. The number of hydrogen-bond acceptors (Lipinski definition) is 7. The second kappa shape index (κ2) is 8.79. The van der Waals surface area contributed by atoms with E-state index < -0.39 is 24.4 Å². The molecular formula is C21H25NO7. The lowest BCUT2D eigenvalue weighted by atomic mass is 9.89. The van der Waals surface area contributed by atoms with Gasteiger partial charge in [-0.3, -0.25) is 4.79 Å². The van der Waals surface area contributed by atoms with Crippen molar-refractivity contribution >= 4 is 5.91 Å². The van der Waals surface area contributed by atoms with Crippen molar-refractivity contribution in [3.8, 4) is 22.6 Å². The van der Waals surface area contributed by atoms with Gasteiger partial charge in [0.05, 0.1) is 13.2 Å². The van der Waals surface area contributed by atoms with Crippen LogP contribution in [0.2, 0.25) is 0 Å². The van der Waals surface area contributed by atoms with Gasteiger partial charge in [0.2, 0.25) is 5.91 Å². The van der Waals surface area contributed by atoms with Crippen molar-refractivity contribution in [1.29, 1.82) is 0 Å². The summed E-state index contributed by atoms with van der Waals surface area (Å²) in [5.74, 6) is -0.821. The minimum Gasteiger partial charge on any atom is -0.508 e. The van der Waals surface area contributed by atoms with Crippen molar-refractivity contribution in [2.75, 3.05) is 13.2 Å². The summed E-state index contributed by atoms with van der Waals surface area (Å²) >= 11 is 0. The van der Waals surface area contributed by atoms with Gasteiger partial charge in [-0.1, -0.05) is 19.1 Å². The average molecular weight is 403 g/mol. The molecule has 6 N–H and O–H groups in total. The maximum absolute atomic E-state index is 11.6. The molecule has 8 nitrogen and oxygen atoms in total. The van der Waals surface area contributed by atoms with Crippen molar-refractivity contribution in [2.24, 2.45) is 5.73 Å². The summed E-state index contributed by atoms with van der Waals surface area (Å²) in [6.07, 6.45) is -1.48. The molecule has 1 aliphatic heterocycles. The van der Waals surface area contributed by atoms with E-state index in [1.807, 2.05) is 6.92 Å². The van der Waals surface area contributed by atoms with Crippen LogP contribution in [0.15, 0.2) is 30.3 Å². The number of phenolic OH excluding ortho intramolecular Hbond substituents is 2. The molecule has 1 heterocycles. The minimum absolute atomic E-state index is 0.0646. The Balaban J connectivity index is 2.08. The first kappa shape index (κ1) is 21.1. The van der Waals surface area contributed by atoms with Gasteiger partial charge < -0.3 is 35.6 Å². The number of amides is 1. The van der Waals surface area contributed by atoms with Crippen LogP contribution in [0, 0.1) is 0 Å². The van der Waals surface area contributed by atoms with Crippen LogP contribution in [0.25, 0.3) is 11.1 Å². The Kier molecular flexibility index (Phi) is 6.39. The highest BCUT2D eigenvalue weighted by Crippen LogP contribution is 2.41. The smallest absolute Gasteiger partial charge is 0.248 e. The van der Waals surface area contributed by atoms with Crippen LogP contribution in [-0.2, 0) is 22.3 Å². The van der Waals surface area contributed by atoms with Gasteiger partial charge in [-0.25, -0.2) is 0 Å². The van der Waals surface area contributed by atoms with E-state index in [9.17, 15) is 25.2 Å². The number of nitrogens with two attached hydrogens (primary N) is 1. The number of hydrogen-bond donors (Lipinski definition) is 5. The quantitative estimate of drug-likeness (QED) is 0.465. The van der Waals surface area contributed by atoms with E-state index in [0.29, 0.717) is 28.7 Å². The molecule has 2 aromatic rings. The summed E-state index contributed by atoms with van der Waals surface area (Å²) < 4.78 is 11.4. The first-order valence-electron chi connectivity index (χ1n) is 9.39. The molecule has 2 atom stereocenters. The molecule has 8 heteroatoms. The lowest BCUT2D eigenvalue weighted by Crippen LogP contribution is -2.29. The number of carbonyl (C=O) groups is 1. The van der Waals surface area contributed by atoms with Crippen molar-refractivity contribution in [2.45, 2.75) is 38.3 Å². The lowest BCUT2D eigenvalue weighted by Gasteiger charge is -2.20. The van der Waals surface area contributed by atoms with E-state index in [4.69, 9.17) is 15.2 Å². The maximum Gasteiger partial charge on any atom is 0.248 e. The fourth-order valence-corrected chi connectivity index (χ4v) is 3.70. The monoisotopic (exact) mass is 403 g/mol. The van der Waals surface area contributed by atoms with Gasteiger partial charge in [-0.2, -0.15) is 0 Å². The summed E-state index contributed by atoms with van der Waals surface area (Å²) in [6.45, 7) is 1.25. The van der Waals surface area contributed by atoms with Gasteiger partial charge in [-0.15, -0.1) is 0 Å². The highest BCUT2D eigenvalue weighted by Gasteiger charge is 2.36. The molecule has 0 spiro atoms. The van der Waals surface area contributed by atoms with Gasteiger partial charge in [0.15, 0.2) is 6.29 Å². The fraction of sp³-hybridized carbons (Fsp3) is 0.381. The zero-order valence-electron chi connectivity index (χ0n) is 16.0. The Hall–Kier alpha value is -2.65. The van der Waals surface area contributed by atoms with Gasteiger partial charge in [0.25, 0.3) is 0 Å². The number of primary amides is 1. The minimum atomic E-state index is -0.783. The Morgan fingerprint density at radius 3 is 2.24 bits per heavy atom. The zero-order chi connectivity index (χ0) is 21.1. The Morgan fingerprint density at radius 1 is 1.03 bits per heavy atom. The molecule has 1 amide bonds. The lowest BCUT2D eigenvalue weighted by molar-refractivity contribution is -0.0725. The van der Waals surface area contributed by atoms with Gasteiger partial charge >= 0.3 is 0 Å². The fourth-order valence-electron chi connectivity index (χ4n) is 3.70.